The molecule has 1 amide bonds. The van der Waals surface area contributed by atoms with Crippen LogP contribution in [0, 0.1) is 16.7 Å². The number of nitrogens with zero attached hydrogens (tertiary/aromatic N) is 1. The molecular weight excluding hydrogens is 254 g/mol. The lowest BCUT2D eigenvalue weighted by atomic mass is 9.76. The average Bonchev–Trinajstić information content (AvgIpc) is 2.50. The second-order valence-electron chi connectivity index (χ2n) is 7.58. The summed E-state index contributed by atoms with van der Waals surface area (Å²) in [6.07, 6.45) is 2.53. The largest absolute Gasteiger partial charge is 0.469 e. The molecule has 4 nitrogen and oxygen atoms in total. The number of hydrogen-bond donors (Lipinski definition) is 0. The molecule has 0 radical (unpaired) electrons. The molecule has 1 rings (SSSR count). The van der Waals surface area contributed by atoms with Crippen LogP contribution in [-0.2, 0) is 14.3 Å². The van der Waals surface area contributed by atoms with E-state index in [0.29, 0.717) is 18.9 Å². The highest BCUT2D eigenvalue weighted by atomic mass is 16.5. The van der Waals surface area contributed by atoms with Crippen molar-refractivity contribution < 1.29 is 14.3 Å². The van der Waals surface area contributed by atoms with Crippen molar-refractivity contribution in [3.8, 4) is 0 Å². The third-order valence-electron chi connectivity index (χ3n) is 4.36. The van der Waals surface area contributed by atoms with E-state index in [-0.39, 0.29) is 17.3 Å². The number of carbonyl (C=O) groups is 2. The van der Waals surface area contributed by atoms with Crippen LogP contribution in [0.4, 0.5) is 0 Å². The number of likely N-dealkylation sites (tertiary alicyclic amines) is 1. The van der Waals surface area contributed by atoms with Gasteiger partial charge >= 0.3 is 5.97 Å². The van der Waals surface area contributed by atoms with Crippen molar-refractivity contribution in [3.05, 3.63) is 0 Å². The van der Waals surface area contributed by atoms with Gasteiger partial charge in [-0.3, -0.25) is 9.59 Å². The topological polar surface area (TPSA) is 46.6 Å². The van der Waals surface area contributed by atoms with E-state index in [1.807, 2.05) is 18.7 Å². The van der Waals surface area contributed by atoms with E-state index < -0.39 is 5.41 Å². The first-order valence-corrected chi connectivity index (χ1v) is 7.44. The van der Waals surface area contributed by atoms with Crippen LogP contribution in [0.15, 0.2) is 0 Å². The zero-order valence-corrected chi connectivity index (χ0v) is 13.8. The van der Waals surface area contributed by atoms with Crippen molar-refractivity contribution in [3.63, 3.8) is 0 Å². The Morgan fingerprint density at radius 2 is 1.85 bits per heavy atom. The third kappa shape index (κ3) is 4.22. The lowest BCUT2D eigenvalue weighted by Gasteiger charge is -2.31. The highest BCUT2D eigenvalue weighted by molar-refractivity contribution is 5.79. The lowest BCUT2D eigenvalue weighted by Crippen LogP contribution is -2.42. The lowest BCUT2D eigenvalue weighted by molar-refractivity contribution is -0.153. The molecule has 0 aliphatic carbocycles. The molecule has 1 aliphatic rings. The van der Waals surface area contributed by atoms with Crippen molar-refractivity contribution in [2.75, 3.05) is 20.2 Å². The van der Waals surface area contributed by atoms with E-state index in [0.717, 1.165) is 19.4 Å². The van der Waals surface area contributed by atoms with Gasteiger partial charge in [-0.25, -0.2) is 0 Å². The Morgan fingerprint density at radius 1 is 1.25 bits per heavy atom. The van der Waals surface area contributed by atoms with Crippen molar-refractivity contribution in [1.29, 1.82) is 0 Å². The van der Waals surface area contributed by atoms with Crippen LogP contribution in [-0.4, -0.2) is 37.0 Å². The number of methoxy groups -OCH3 is 1. The molecule has 0 aromatic rings. The van der Waals surface area contributed by atoms with Crippen LogP contribution < -0.4 is 0 Å². The molecule has 1 saturated heterocycles. The molecule has 1 unspecified atom stereocenters. The number of carbonyl (C=O) groups excluding carboxylic acids is 2. The van der Waals surface area contributed by atoms with E-state index >= 15 is 0 Å². The number of rotatable bonds is 3. The van der Waals surface area contributed by atoms with Gasteiger partial charge in [0, 0.05) is 19.5 Å². The van der Waals surface area contributed by atoms with E-state index in [1.54, 1.807) is 0 Å². The molecule has 1 aliphatic heterocycles. The smallest absolute Gasteiger partial charge is 0.313 e. The fraction of sp³-hybridized carbons (Fsp3) is 0.875. The molecule has 1 atom stereocenters. The SMILES string of the molecule is COC(=O)C(C)(C)CN1CCC(C(C)(C)C)CCC1=O. The van der Waals surface area contributed by atoms with Crippen LogP contribution in [0.5, 0.6) is 0 Å². The first kappa shape index (κ1) is 17.0. The van der Waals surface area contributed by atoms with Gasteiger partial charge < -0.3 is 9.64 Å². The maximum Gasteiger partial charge on any atom is 0.313 e. The fourth-order valence-electron chi connectivity index (χ4n) is 2.89. The van der Waals surface area contributed by atoms with Gasteiger partial charge in [-0.05, 0) is 38.0 Å². The molecule has 0 saturated carbocycles. The molecule has 20 heavy (non-hydrogen) atoms. The predicted molar refractivity (Wildman–Crippen MR) is 79.2 cm³/mol. The number of hydrogen-bond acceptors (Lipinski definition) is 3. The summed E-state index contributed by atoms with van der Waals surface area (Å²) in [5.41, 5.74) is -0.417. The average molecular weight is 283 g/mol. The Morgan fingerprint density at radius 3 is 2.35 bits per heavy atom. The van der Waals surface area contributed by atoms with Gasteiger partial charge in [-0.15, -0.1) is 0 Å². The summed E-state index contributed by atoms with van der Waals surface area (Å²) in [4.78, 5) is 25.8. The Kier molecular flexibility index (Phi) is 5.22. The van der Waals surface area contributed by atoms with Gasteiger partial charge in [-0.1, -0.05) is 20.8 Å². The van der Waals surface area contributed by atoms with Crippen LogP contribution in [0.3, 0.4) is 0 Å². The highest BCUT2D eigenvalue weighted by Gasteiger charge is 2.35. The van der Waals surface area contributed by atoms with Crippen molar-refractivity contribution in [2.45, 2.75) is 53.9 Å². The van der Waals surface area contributed by atoms with E-state index in [4.69, 9.17) is 4.74 Å². The van der Waals surface area contributed by atoms with E-state index in [9.17, 15) is 9.59 Å². The monoisotopic (exact) mass is 283 g/mol. The first-order chi connectivity index (χ1) is 9.08. The minimum atomic E-state index is -0.647. The van der Waals surface area contributed by atoms with E-state index in [1.165, 1.54) is 7.11 Å². The first-order valence-electron chi connectivity index (χ1n) is 7.44. The number of ether oxygens (including phenoxy) is 1. The minimum absolute atomic E-state index is 0.161. The second-order valence-corrected chi connectivity index (χ2v) is 7.58. The van der Waals surface area contributed by atoms with Crippen LogP contribution in [0.25, 0.3) is 0 Å². The molecule has 4 heteroatoms. The van der Waals surface area contributed by atoms with Crippen molar-refractivity contribution >= 4 is 11.9 Å². The standard InChI is InChI=1S/C16H29NO3/c1-15(2,3)12-7-8-13(18)17(10-9-12)11-16(4,5)14(19)20-6/h12H,7-11H2,1-6H3. The van der Waals surface area contributed by atoms with Gasteiger partial charge in [-0.2, -0.15) is 0 Å². The predicted octanol–water partition coefficient (Wildman–Crippen LogP) is 2.86. The number of amides is 1. The summed E-state index contributed by atoms with van der Waals surface area (Å²) in [5.74, 6) is 0.452. The van der Waals surface area contributed by atoms with Gasteiger partial charge in [0.2, 0.25) is 5.91 Å². The Hall–Kier alpha value is -1.06. The normalized spacial score (nSPS) is 21.6. The van der Waals surface area contributed by atoms with Gasteiger partial charge in [0.05, 0.1) is 12.5 Å². The molecular formula is C16H29NO3. The summed E-state index contributed by atoms with van der Waals surface area (Å²) in [5, 5.41) is 0. The summed E-state index contributed by atoms with van der Waals surface area (Å²) in [6, 6.07) is 0. The second kappa shape index (κ2) is 6.15. The maximum atomic E-state index is 12.2. The zero-order valence-electron chi connectivity index (χ0n) is 13.8. The fourth-order valence-corrected chi connectivity index (χ4v) is 2.89. The summed E-state index contributed by atoms with van der Waals surface area (Å²) in [7, 11) is 1.39. The highest BCUT2D eigenvalue weighted by Crippen LogP contribution is 2.35. The van der Waals surface area contributed by atoms with E-state index in [2.05, 4.69) is 20.8 Å². The van der Waals surface area contributed by atoms with Gasteiger partial charge in [0.1, 0.15) is 0 Å². The van der Waals surface area contributed by atoms with Crippen LogP contribution in [0.2, 0.25) is 0 Å². The Labute approximate surface area is 122 Å². The summed E-state index contributed by atoms with van der Waals surface area (Å²) >= 11 is 0. The summed E-state index contributed by atoms with van der Waals surface area (Å²) < 4.78 is 4.82. The molecule has 116 valence electrons. The molecule has 1 heterocycles. The molecule has 0 spiro atoms. The molecule has 0 bridgehead atoms. The Balaban J connectivity index is 2.73. The minimum Gasteiger partial charge on any atom is -0.469 e. The number of esters is 1. The van der Waals surface area contributed by atoms with Crippen LogP contribution >= 0.6 is 0 Å². The molecule has 1 fully saturated rings. The Bertz CT molecular complexity index is 368. The van der Waals surface area contributed by atoms with Gasteiger partial charge in [0.25, 0.3) is 0 Å². The zero-order chi connectivity index (χ0) is 15.6. The quantitative estimate of drug-likeness (QED) is 0.748. The van der Waals surface area contributed by atoms with Gasteiger partial charge in [0.15, 0.2) is 0 Å². The molecule has 0 N–H and O–H groups in total. The van der Waals surface area contributed by atoms with Crippen LogP contribution in [0.1, 0.15) is 53.9 Å². The maximum absolute atomic E-state index is 12.2. The molecule has 0 aromatic heterocycles. The van der Waals surface area contributed by atoms with Crippen molar-refractivity contribution in [2.24, 2.45) is 16.7 Å². The third-order valence-corrected chi connectivity index (χ3v) is 4.36. The molecule has 0 aromatic carbocycles. The summed E-state index contributed by atoms with van der Waals surface area (Å²) in [6.45, 7) is 11.5. The van der Waals surface area contributed by atoms with Crippen molar-refractivity contribution in [1.82, 2.24) is 4.90 Å².